The molecule has 2 amide bonds. The van der Waals surface area contributed by atoms with Gasteiger partial charge in [0, 0.05) is 37.3 Å². The second kappa shape index (κ2) is 18.2. The van der Waals surface area contributed by atoms with Crippen LogP contribution in [0.2, 0.25) is 0 Å². The number of urea groups is 1. The van der Waals surface area contributed by atoms with E-state index in [0.29, 0.717) is 42.0 Å². The Morgan fingerprint density at radius 3 is 2.67 bits per heavy atom. The van der Waals surface area contributed by atoms with Crippen molar-refractivity contribution in [3.05, 3.63) is 101 Å². The summed E-state index contributed by atoms with van der Waals surface area (Å²) < 4.78 is 46.0. The maximum absolute atomic E-state index is 12.4. The number of anilines is 1. The summed E-state index contributed by atoms with van der Waals surface area (Å²) in [5.41, 5.74) is 5.72. The molecule has 12 heteroatoms. The first kappa shape index (κ1) is 37.1. The van der Waals surface area contributed by atoms with Gasteiger partial charge >= 0.3 is 12.4 Å². The molecule has 0 atom stereocenters. The zero-order chi connectivity index (χ0) is 35.2. The van der Waals surface area contributed by atoms with Crippen LogP contribution in [0.25, 0.3) is 0 Å². The molecule has 2 N–H and O–H groups in total. The van der Waals surface area contributed by atoms with Crippen molar-refractivity contribution in [2.24, 2.45) is 9.98 Å². The second-order valence-corrected chi connectivity index (χ2v) is 12.3. The SMILES string of the molecule is CCc1cc(C(=N)N=CCCCCc2ccc(OC(F)(F)F)cc2)ccc1NC(=O)/N=C1/C=CCC(=O)CS1.Cc1cccc2c1CCO2.[HH]. The Kier molecular flexibility index (Phi) is 13.8. The van der Waals surface area contributed by atoms with Crippen LogP contribution < -0.4 is 14.8 Å². The summed E-state index contributed by atoms with van der Waals surface area (Å²) in [6.07, 6.45) is 5.41. The van der Waals surface area contributed by atoms with Gasteiger partial charge in [-0.05, 0) is 98.2 Å². The van der Waals surface area contributed by atoms with Crippen molar-refractivity contribution in [3.8, 4) is 11.5 Å². The molecule has 0 radical (unpaired) electrons. The number of Topliss-reactive ketones (excluding diaryl/α,β-unsaturated/α-hetero) is 1. The topological polar surface area (TPSA) is 113 Å². The first-order chi connectivity index (χ1) is 23.5. The Labute approximate surface area is 289 Å². The minimum Gasteiger partial charge on any atom is -0.493 e. The van der Waals surface area contributed by atoms with Gasteiger partial charge in [-0.25, -0.2) is 9.79 Å². The van der Waals surface area contributed by atoms with Gasteiger partial charge in [-0.1, -0.05) is 49.0 Å². The molecule has 260 valence electrons. The molecule has 49 heavy (non-hydrogen) atoms. The number of carbonyl (C=O) groups is 2. The number of hydrogen-bond donors (Lipinski definition) is 2. The van der Waals surface area contributed by atoms with E-state index >= 15 is 0 Å². The van der Waals surface area contributed by atoms with Crippen LogP contribution in [-0.4, -0.2) is 47.6 Å². The van der Waals surface area contributed by atoms with Crippen LogP contribution in [0.4, 0.5) is 23.7 Å². The van der Waals surface area contributed by atoms with Gasteiger partial charge in [0.25, 0.3) is 0 Å². The van der Waals surface area contributed by atoms with Gasteiger partial charge in [0.05, 0.1) is 12.4 Å². The molecule has 8 nitrogen and oxygen atoms in total. The first-order valence-electron chi connectivity index (χ1n) is 16.0. The minimum absolute atomic E-state index is 0. The van der Waals surface area contributed by atoms with Gasteiger partial charge in [0.2, 0.25) is 0 Å². The van der Waals surface area contributed by atoms with Crippen LogP contribution in [-0.2, 0) is 24.1 Å². The lowest BCUT2D eigenvalue weighted by atomic mass is 10.1. The highest BCUT2D eigenvalue weighted by molar-refractivity contribution is 8.14. The van der Waals surface area contributed by atoms with Gasteiger partial charge < -0.3 is 14.8 Å². The molecule has 0 aromatic heterocycles. The number of unbranched alkanes of at least 4 members (excludes halogenated alkanes) is 2. The number of alkyl halides is 3. The highest BCUT2D eigenvalue weighted by atomic mass is 32.2. The number of halogens is 3. The van der Waals surface area contributed by atoms with Gasteiger partial charge in [0.1, 0.15) is 22.3 Å². The molecule has 2 aliphatic rings. The molecular formula is C37H41F3N4O4S. The lowest BCUT2D eigenvalue weighted by Crippen LogP contribution is -2.17. The minimum atomic E-state index is -4.70. The number of rotatable bonds is 9. The lowest BCUT2D eigenvalue weighted by molar-refractivity contribution is -0.274. The van der Waals surface area contributed by atoms with Crippen LogP contribution in [0.3, 0.4) is 0 Å². The third-order valence-corrected chi connectivity index (χ3v) is 8.59. The number of amides is 2. The van der Waals surface area contributed by atoms with Crippen LogP contribution in [0.1, 0.15) is 61.9 Å². The normalized spacial score (nSPS) is 14.9. The monoisotopic (exact) mass is 694 g/mol. The van der Waals surface area contributed by atoms with Gasteiger partial charge in [-0.3, -0.25) is 10.2 Å². The molecule has 3 aromatic carbocycles. The largest absolute Gasteiger partial charge is 0.573 e. The van der Waals surface area contributed by atoms with Crippen molar-refractivity contribution >= 4 is 46.4 Å². The Hall–Kier alpha value is -4.71. The van der Waals surface area contributed by atoms with Crippen LogP contribution in [0.15, 0.2) is 82.8 Å². The van der Waals surface area contributed by atoms with E-state index in [-0.39, 0.29) is 24.5 Å². The molecule has 0 saturated heterocycles. The molecule has 5 rings (SSSR count). The van der Waals surface area contributed by atoms with E-state index in [4.69, 9.17) is 10.1 Å². The van der Waals surface area contributed by atoms with E-state index in [1.54, 1.807) is 42.6 Å². The average Bonchev–Trinajstić information content (AvgIpc) is 3.47. The maximum Gasteiger partial charge on any atom is 0.573 e. The van der Waals surface area contributed by atoms with Gasteiger partial charge in [0.15, 0.2) is 5.84 Å². The Morgan fingerprint density at radius 1 is 1.14 bits per heavy atom. The number of benzene rings is 3. The molecule has 0 fully saturated rings. The fraction of sp³-hybridized carbons (Fsp3) is 0.324. The first-order valence-corrected chi connectivity index (χ1v) is 17.0. The van der Waals surface area contributed by atoms with Crippen molar-refractivity contribution in [2.75, 3.05) is 17.7 Å². The number of amidine groups is 1. The number of fused-ring (bicyclic) bond motifs is 1. The highest BCUT2D eigenvalue weighted by Crippen LogP contribution is 2.27. The summed E-state index contributed by atoms with van der Waals surface area (Å²) in [7, 11) is 0. The number of nitrogens with zero attached hydrogens (tertiary/aromatic N) is 2. The molecule has 0 saturated carbocycles. The van der Waals surface area contributed by atoms with E-state index in [9.17, 15) is 22.8 Å². The van der Waals surface area contributed by atoms with Crippen LogP contribution >= 0.6 is 11.8 Å². The van der Waals surface area contributed by atoms with Gasteiger partial charge in [-0.15, -0.1) is 13.2 Å². The summed E-state index contributed by atoms with van der Waals surface area (Å²) in [6, 6.07) is 16.8. The van der Waals surface area contributed by atoms with Gasteiger partial charge in [-0.2, -0.15) is 4.99 Å². The smallest absolute Gasteiger partial charge is 0.493 e. The highest BCUT2D eigenvalue weighted by Gasteiger charge is 2.30. The summed E-state index contributed by atoms with van der Waals surface area (Å²) in [5.74, 6) is 1.32. The average molecular weight is 695 g/mol. The van der Waals surface area contributed by atoms with E-state index in [0.717, 1.165) is 42.7 Å². The summed E-state index contributed by atoms with van der Waals surface area (Å²) in [5, 5.41) is 11.5. The molecule has 0 bridgehead atoms. The summed E-state index contributed by atoms with van der Waals surface area (Å²) >= 11 is 1.23. The standard InChI is InChI=1S/C28H29F3N4O3S.C9H10O.H2/c1-2-20-17-21(12-15-24(20)34-27(37)35-25-9-6-8-22(36)18-39-25)26(32)33-16-5-3-4-7-19-10-13-23(14-11-19)38-28(29,30)31;1-7-3-2-4-9-8(7)5-6-10-9;/h6,9-17,32H,2-5,7-8,18H2,1H3,(H,34,37);2-4H,5-6H2,1H3;1H/b32-26?,33-16?,35-25-;;. The molecule has 2 heterocycles. The number of thioether (sulfide) groups is 1. The number of hydrogen-bond acceptors (Lipinski definition) is 6. The van der Waals surface area contributed by atoms with Crippen LogP contribution in [0, 0.1) is 12.3 Å². The lowest BCUT2D eigenvalue weighted by Gasteiger charge is -2.10. The number of aryl methyl sites for hydroxylation is 3. The van der Waals surface area contributed by atoms with E-state index in [1.165, 1.54) is 35.0 Å². The van der Waals surface area contributed by atoms with Crippen LogP contribution in [0.5, 0.6) is 11.5 Å². The van der Waals surface area contributed by atoms with Crippen molar-refractivity contribution < 1.29 is 33.7 Å². The fourth-order valence-corrected chi connectivity index (χ4v) is 5.83. The Morgan fingerprint density at radius 2 is 1.94 bits per heavy atom. The Balaban J connectivity index is 0.000000520. The molecule has 0 unspecified atom stereocenters. The number of carbonyl (C=O) groups excluding carboxylic acids is 2. The van der Waals surface area contributed by atoms with E-state index < -0.39 is 12.4 Å². The third kappa shape index (κ3) is 12.4. The van der Waals surface area contributed by atoms with Crippen molar-refractivity contribution in [3.63, 3.8) is 0 Å². The fourth-order valence-electron chi connectivity index (χ4n) is 5.07. The van der Waals surface area contributed by atoms with Crippen molar-refractivity contribution in [1.82, 2.24) is 0 Å². The Bertz CT molecular complexity index is 1730. The third-order valence-electron chi connectivity index (χ3n) is 7.60. The molecule has 3 aromatic rings. The molecular weight excluding hydrogens is 653 g/mol. The summed E-state index contributed by atoms with van der Waals surface area (Å²) in [6.45, 7) is 4.94. The quantitative estimate of drug-likeness (QED) is 0.132. The number of allylic oxidation sites excluding steroid dienone is 1. The number of nitrogens with one attached hydrogen (secondary N) is 2. The second-order valence-electron chi connectivity index (χ2n) is 11.3. The predicted molar refractivity (Wildman–Crippen MR) is 192 cm³/mol. The van der Waals surface area contributed by atoms with E-state index in [1.807, 2.05) is 25.1 Å². The van der Waals surface area contributed by atoms with Crippen molar-refractivity contribution in [1.29, 1.82) is 5.41 Å². The number of aliphatic imine (C=N–C) groups is 2. The summed E-state index contributed by atoms with van der Waals surface area (Å²) in [4.78, 5) is 32.2. The number of ether oxygens (including phenoxy) is 2. The van der Waals surface area contributed by atoms with E-state index in [2.05, 4.69) is 33.0 Å². The molecule has 2 aliphatic heterocycles. The number of ketones is 1. The maximum atomic E-state index is 12.4. The predicted octanol–water partition coefficient (Wildman–Crippen LogP) is 9.33. The molecule has 0 spiro atoms. The molecule has 0 aliphatic carbocycles. The zero-order valence-electron chi connectivity index (χ0n) is 27.4. The van der Waals surface area contributed by atoms with Crippen molar-refractivity contribution in [2.45, 2.75) is 65.2 Å². The zero-order valence-corrected chi connectivity index (χ0v) is 28.3.